The van der Waals surface area contributed by atoms with Gasteiger partial charge in [0.1, 0.15) is 0 Å². The smallest absolute Gasteiger partial charge is 0.161 e. The zero-order valence-corrected chi connectivity index (χ0v) is 8.76. The molecule has 0 amide bonds. The van der Waals surface area contributed by atoms with Crippen LogP contribution in [0.15, 0.2) is 6.07 Å². The van der Waals surface area contributed by atoms with Crippen molar-refractivity contribution >= 4 is 0 Å². The van der Waals surface area contributed by atoms with Gasteiger partial charge in [-0.3, -0.25) is 0 Å². The molecular weight excluding hydrogens is 176 g/mol. The third kappa shape index (κ3) is 1.35. The molecule has 2 nitrogen and oxygen atoms in total. The maximum Gasteiger partial charge on any atom is 0.161 e. The summed E-state index contributed by atoms with van der Waals surface area (Å²) in [6.45, 7) is 1.97. The van der Waals surface area contributed by atoms with Crippen LogP contribution in [0.1, 0.15) is 29.5 Å². The van der Waals surface area contributed by atoms with Gasteiger partial charge in [-0.1, -0.05) is 0 Å². The first-order valence-electron chi connectivity index (χ1n) is 5.12. The maximum absolute atomic E-state index is 9.83. The quantitative estimate of drug-likeness (QED) is 0.741. The lowest BCUT2D eigenvalue weighted by molar-refractivity contribution is 0.370. The molecule has 0 fully saturated rings. The molecule has 0 spiro atoms. The summed E-state index contributed by atoms with van der Waals surface area (Å²) in [5, 5.41) is 9.83. The Labute approximate surface area is 84.5 Å². The first-order chi connectivity index (χ1) is 6.74. The van der Waals surface area contributed by atoms with Crippen molar-refractivity contribution in [2.24, 2.45) is 0 Å². The molecule has 76 valence electrons. The number of hydrogen-bond donors (Lipinski definition) is 1. The highest BCUT2D eigenvalue weighted by molar-refractivity contribution is 5.53. The molecule has 0 unspecified atom stereocenters. The van der Waals surface area contributed by atoms with Crippen LogP contribution in [0.5, 0.6) is 11.5 Å². The van der Waals surface area contributed by atoms with Gasteiger partial charge in [0.15, 0.2) is 11.5 Å². The summed E-state index contributed by atoms with van der Waals surface area (Å²) in [4.78, 5) is 0. The highest BCUT2D eigenvalue weighted by Gasteiger charge is 2.17. The molecule has 0 radical (unpaired) electrons. The van der Waals surface area contributed by atoms with Gasteiger partial charge in [-0.05, 0) is 55.4 Å². The van der Waals surface area contributed by atoms with E-state index >= 15 is 0 Å². The molecule has 0 aliphatic heterocycles. The number of fused-ring (bicyclic) bond motifs is 1. The van der Waals surface area contributed by atoms with E-state index in [2.05, 4.69) is 0 Å². The van der Waals surface area contributed by atoms with Gasteiger partial charge in [0, 0.05) is 0 Å². The van der Waals surface area contributed by atoms with Crippen LogP contribution in [0.25, 0.3) is 0 Å². The number of phenolic OH excluding ortho intramolecular Hbond substituents is 1. The summed E-state index contributed by atoms with van der Waals surface area (Å²) < 4.78 is 5.14. The highest BCUT2D eigenvalue weighted by atomic mass is 16.5. The second-order valence-corrected chi connectivity index (χ2v) is 3.90. The summed E-state index contributed by atoms with van der Waals surface area (Å²) in [6, 6.07) is 1.98. The molecule has 2 rings (SSSR count). The standard InChI is InChI=1S/C12H16O2/c1-8-10-6-4-3-5-9(10)7-11(14-2)12(8)13/h7,13H,3-6H2,1-2H3. The molecule has 0 aromatic heterocycles. The minimum Gasteiger partial charge on any atom is -0.504 e. The Morgan fingerprint density at radius 2 is 2.00 bits per heavy atom. The zero-order chi connectivity index (χ0) is 10.1. The normalized spacial score (nSPS) is 15.0. The Balaban J connectivity index is 2.57. The number of rotatable bonds is 1. The molecule has 1 aliphatic rings. The molecular formula is C12H16O2. The Kier molecular flexibility index (Phi) is 2.36. The zero-order valence-electron chi connectivity index (χ0n) is 8.76. The average molecular weight is 192 g/mol. The minimum atomic E-state index is 0.313. The lowest BCUT2D eigenvalue weighted by atomic mass is 9.88. The molecule has 0 atom stereocenters. The van der Waals surface area contributed by atoms with E-state index in [0.29, 0.717) is 11.5 Å². The fraction of sp³-hybridized carbons (Fsp3) is 0.500. The molecule has 1 aromatic carbocycles. The molecule has 1 aliphatic carbocycles. The van der Waals surface area contributed by atoms with Crippen molar-refractivity contribution in [2.45, 2.75) is 32.6 Å². The van der Waals surface area contributed by atoms with Crippen molar-refractivity contribution < 1.29 is 9.84 Å². The Bertz CT molecular complexity index is 356. The van der Waals surface area contributed by atoms with Crippen LogP contribution >= 0.6 is 0 Å². The monoisotopic (exact) mass is 192 g/mol. The molecule has 14 heavy (non-hydrogen) atoms. The van der Waals surface area contributed by atoms with Gasteiger partial charge in [0.05, 0.1) is 7.11 Å². The van der Waals surface area contributed by atoms with Gasteiger partial charge in [-0.2, -0.15) is 0 Å². The van der Waals surface area contributed by atoms with Crippen LogP contribution in [0, 0.1) is 6.92 Å². The van der Waals surface area contributed by atoms with Crippen molar-refractivity contribution in [2.75, 3.05) is 7.11 Å². The van der Waals surface area contributed by atoms with Crippen molar-refractivity contribution in [3.8, 4) is 11.5 Å². The predicted molar refractivity (Wildman–Crippen MR) is 56.0 cm³/mol. The number of ether oxygens (including phenoxy) is 1. The van der Waals surface area contributed by atoms with Crippen molar-refractivity contribution in [3.05, 3.63) is 22.8 Å². The molecule has 0 saturated heterocycles. The lowest BCUT2D eigenvalue weighted by Gasteiger charge is -2.20. The van der Waals surface area contributed by atoms with Crippen LogP contribution in [0.2, 0.25) is 0 Å². The van der Waals surface area contributed by atoms with E-state index in [4.69, 9.17) is 4.74 Å². The van der Waals surface area contributed by atoms with Crippen LogP contribution in [0.3, 0.4) is 0 Å². The van der Waals surface area contributed by atoms with Crippen molar-refractivity contribution in [1.82, 2.24) is 0 Å². The van der Waals surface area contributed by atoms with E-state index < -0.39 is 0 Å². The van der Waals surface area contributed by atoms with Crippen LogP contribution in [-0.4, -0.2) is 12.2 Å². The number of aromatic hydroxyl groups is 1. The third-order valence-corrected chi connectivity index (χ3v) is 3.08. The van der Waals surface area contributed by atoms with Gasteiger partial charge < -0.3 is 9.84 Å². The topological polar surface area (TPSA) is 29.5 Å². The summed E-state index contributed by atoms with van der Waals surface area (Å²) in [5.41, 5.74) is 3.68. The second kappa shape index (κ2) is 3.52. The Morgan fingerprint density at radius 3 is 2.71 bits per heavy atom. The van der Waals surface area contributed by atoms with E-state index in [1.165, 1.54) is 24.0 Å². The first kappa shape index (κ1) is 9.38. The molecule has 1 aromatic rings. The summed E-state index contributed by atoms with van der Waals surface area (Å²) >= 11 is 0. The van der Waals surface area contributed by atoms with Gasteiger partial charge in [-0.15, -0.1) is 0 Å². The van der Waals surface area contributed by atoms with E-state index in [9.17, 15) is 5.11 Å². The Hall–Kier alpha value is -1.18. The molecule has 2 heteroatoms. The molecule has 0 heterocycles. The third-order valence-electron chi connectivity index (χ3n) is 3.08. The Morgan fingerprint density at radius 1 is 1.29 bits per heavy atom. The van der Waals surface area contributed by atoms with E-state index in [-0.39, 0.29) is 0 Å². The number of benzene rings is 1. The van der Waals surface area contributed by atoms with Gasteiger partial charge >= 0.3 is 0 Å². The van der Waals surface area contributed by atoms with Gasteiger partial charge in [0.25, 0.3) is 0 Å². The first-order valence-corrected chi connectivity index (χ1v) is 5.12. The molecule has 1 N–H and O–H groups in total. The van der Waals surface area contributed by atoms with Crippen molar-refractivity contribution in [3.63, 3.8) is 0 Å². The number of phenols is 1. The van der Waals surface area contributed by atoms with Crippen LogP contribution in [0.4, 0.5) is 0 Å². The van der Waals surface area contributed by atoms with Crippen molar-refractivity contribution in [1.29, 1.82) is 0 Å². The fourth-order valence-corrected chi connectivity index (χ4v) is 2.23. The average Bonchev–Trinajstić information content (AvgIpc) is 2.23. The predicted octanol–water partition coefficient (Wildman–Crippen LogP) is 2.59. The number of aryl methyl sites for hydroxylation is 1. The van der Waals surface area contributed by atoms with E-state index in [1.807, 2.05) is 13.0 Å². The summed E-state index contributed by atoms with van der Waals surface area (Å²) in [5.74, 6) is 0.927. The van der Waals surface area contributed by atoms with Gasteiger partial charge in [-0.25, -0.2) is 0 Å². The van der Waals surface area contributed by atoms with Gasteiger partial charge in [0.2, 0.25) is 0 Å². The van der Waals surface area contributed by atoms with E-state index in [0.717, 1.165) is 18.4 Å². The molecule has 0 bridgehead atoms. The summed E-state index contributed by atoms with van der Waals surface area (Å²) in [6.07, 6.45) is 4.70. The number of methoxy groups -OCH3 is 1. The summed E-state index contributed by atoms with van der Waals surface area (Å²) in [7, 11) is 1.60. The second-order valence-electron chi connectivity index (χ2n) is 3.90. The SMILES string of the molecule is COc1cc2c(c(C)c1O)CCCC2. The minimum absolute atomic E-state index is 0.313. The maximum atomic E-state index is 9.83. The molecule has 0 saturated carbocycles. The highest BCUT2D eigenvalue weighted by Crippen LogP contribution is 2.37. The van der Waals surface area contributed by atoms with E-state index in [1.54, 1.807) is 7.11 Å². The fourth-order valence-electron chi connectivity index (χ4n) is 2.23. The lowest BCUT2D eigenvalue weighted by Crippen LogP contribution is -2.05. The largest absolute Gasteiger partial charge is 0.504 e. The number of hydrogen-bond acceptors (Lipinski definition) is 2. The van der Waals surface area contributed by atoms with Crippen LogP contribution < -0.4 is 4.74 Å². The van der Waals surface area contributed by atoms with Crippen LogP contribution in [-0.2, 0) is 12.8 Å².